The highest BCUT2D eigenvalue weighted by atomic mass is 16.5. The van der Waals surface area contributed by atoms with Gasteiger partial charge in [0, 0.05) is 5.56 Å². The van der Waals surface area contributed by atoms with E-state index in [0.29, 0.717) is 5.56 Å². The van der Waals surface area contributed by atoms with Crippen LogP contribution in [-0.4, -0.2) is 17.0 Å². The Hall–Kier alpha value is -2.29. The lowest BCUT2D eigenvalue weighted by molar-refractivity contribution is 0.112. The second-order valence-corrected chi connectivity index (χ2v) is 6.12. The summed E-state index contributed by atoms with van der Waals surface area (Å²) in [5, 5.41) is 9.70. The number of hydrogen-bond acceptors (Lipinski definition) is 3. The average molecular weight is 284 g/mol. The molecule has 0 atom stereocenters. The molecule has 0 radical (unpaired) electrons. The SMILES string of the molecule is Cc1cc(OC(C)(C)C)ccc1-c1cc(O)cc(C=O)c1. The van der Waals surface area contributed by atoms with E-state index in [0.717, 1.165) is 28.7 Å². The third-order valence-electron chi connectivity index (χ3n) is 3.01. The average Bonchev–Trinajstić information content (AvgIpc) is 2.36. The summed E-state index contributed by atoms with van der Waals surface area (Å²) in [6.07, 6.45) is 0.732. The first-order chi connectivity index (χ1) is 9.78. The first-order valence-corrected chi connectivity index (χ1v) is 6.88. The molecule has 0 heterocycles. The molecule has 2 aromatic carbocycles. The van der Waals surface area contributed by atoms with Crippen LogP contribution in [0.5, 0.6) is 11.5 Å². The van der Waals surface area contributed by atoms with Gasteiger partial charge in [0.05, 0.1) is 0 Å². The van der Waals surface area contributed by atoms with Crippen LogP contribution in [0.3, 0.4) is 0 Å². The summed E-state index contributed by atoms with van der Waals surface area (Å²) < 4.78 is 5.84. The normalized spacial score (nSPS) is 11.2. The molecule has 1 N–H and O–H groups in total. The summed E-state index contributed by atoms with van der Waals surface area (Å²) in [4.78, 5) is 10.9. The lowest BCUT2D eigenvalue weighted by Gasteiger charge is -2.22. The summed E-state index contributed by atoms with van der Waals surface area (Å²) >= 11 is 0. The highest BCUT2D eigenvalue weighted by molar-refractivity contribution is 5.81. The molecule has 0 saturated carbocycles. The van der Waals surface area contributed by atoms with Crippen LogP contribution in [0.4, 0.5) is 0 Å². The van der Waals surface area contributed by atoms with Crippen LogP contribution >= 0.6 is 0 Å². The first-order valence-electron chi connectivity index (χ1n) is 6.88. The number of carbonyl (C=O) groups excluding carboxylic acids is 1. The largest absolute Gasteiger partial charge is 0.508 e. The van der Waals surface area contributed by atoms with Crippen molar-refractivity contribution in [3.8, 4) is 22.6 Å². The zero-order valence-electron chi connectivity index (χ0n) is 12.8. The Bertz CT molecular complexity index is 667. The van der Waals surface area contributed by atoms with E-state index < -0.39 is 0 Å². The molecule has 0 saturated heterocycles. The first kappa shape index (κ1) is 15.1. The van der Waals surface area contributed by atoms with Crippen molar-refractivity contribution in [2.24, 2.45) is 0 Å². The van der Waals surface area contributed by atoms with Gasteiger partial charge in [0.1, 0.15) is 23.4 Å². The fourth-order valence-corrected chi connectivity index (χ4v) is 2.24. The van der Waals surface area contributed by atoms with Crippen molar-refractivity contribution in [2.45, 2.75) is 33.3 Å². The summed E-state index contributed by atoms with van der Waals surface area (Å²) in [6.45, 7) is 7.99. The van der Waals surface area contributed by atoms with Crippen molar-refractivity contribution < 1.29 is 14.6 Å². The van der Waals surface area contributed by atoms with Crippen molar-refractivity contribution in [3.05, 3.63) is 47.5 Å². The number of phenols is 1. The minimum atomic E-state index is -0.246. The highest BCUT2D eigenvalue weighted by Crippen LogP contribution is 2.31. The number of benzene rings is 2. The van der Waals surface area contributed by atoms with E-state index in [1.807, 2.05) is 45.9 Å². The van der Waals surface area contributed by atoms with Gasteiger partial charge in [0.15, 0.2) is 0 Å². The molecule has 0 unspecified atom stereocenters. The van der Waals surface area contributed by atoms with Gasteiger partial charge >= 0.3 is 0 Å². The van der Waals surface area contributed by atoms with Crippen molar-refractivity contribution >= 4 is 6.29 Å². The Labute approximate surface area is 125 Å². The molecular weight excluding hydrogens is 264 g/mol. The maximum Gasteiger partial charge on any atom is 0.150 e. The highest BCUT2D eigenvalue weighted by Gasteiger charge is 2.13. The molecule has 0 fully saturated rings. The van der Waals surface area contributed by atoms with Gasteiger partial charge < -0.3 is 9.84 Å². The van der Waals surface area contributed by atoms with Crippen molar-refractivity contribution in [3.63, 3.8) is 0 Å². The van der Waals surface area contributed by atoms with Gasteiger partial charge in [0.25, 0.3) is 0 Å². The zero-order chi connectivity index (χ0) is 15.6. The second-order valence-electron chi connectivity index (χ2n) is 6.12. The van der Waals surface area contributed by atoms with Crippen LogP contribution < -0.4 is 4.74 Å². The second kappa shape index (κ2) is 5.60. The van der Waals surface area contributed by atoms with E-state index in [9.17, 15) is 9.90 Å². The van der Waals surface area contributed by atoms with Crippen LogP contribution in [-0.2, 0) is 0 Å². The number of carbonyl (C=O) groups is 1. The third kappa shape index (κ3) is 3.85. The minimum absolute atomic E-state index is 0.0871. The van der Waals surface area contributed by atoms with Gasteiger partial charge in [-0.2, -0.15) is 0 Å². The fraction of sp³-hybridized carbons (Fsp3) is 0.278. The predicted molar refractivity (Wildman–Crippen MR) is 84.0 cm³/mol. The van der Waals surface area contributed by atoms with Crippen LogP contribution in [0.15, 0.2) is 36.4 Å². The maximum atomic E-state index is 10.9. The molecule has 0 spiro atoms. The van der Waals surface area contributed by atoms with Gasteiger partial charge in [-0.15, -0.1) is 0 Å². The van der Waals surface area contributed by atoms with Gasteiger partial charge in [-0.1, -0.05) is 6.07 Å². The number of phenolic OH excluding ortho intramolecular Hbond substituents is 1. The monoisotopic (exact) mass is 284 g/mol. The Morgan fingerprint density at radius 3 is 2.38 bits per heavy atom. The topological polar surface area (TPSA) is 46.5 Å². The molecule has 0 aromatic heterocycles. The van der Waals surface area contributed by atoms with Crippen molar-refractivity contribution in [1.29, 1.82) is 0 Å². The number of ether oxygens (including phenoxy) is 1. The number of hydrogen-bond donors (Lipinski definition) is 1. The minimum Gasteiger partial charge on any atom is -0.508 e. The van der Waals surface area contributed by atoms with Crippen LogP contribution in [0.1, 0.15) is 36.7 Å². The summed E-state index contributed by atoms with van der Waals surface area (Å²) in [6, 6.07) is 10.7. The summed E-state index contributed by atoms with van der Waals surface area (Å²) in [5.74, 6) is 0.892. The van der Waals surface area contributed by atoms with Crippen LogP contribution in [0.25, 0.3) is 11.1 Å². The Balaban J connectivity index is 2.41. The zero-order valence-corrected chi connectivity index (χ0v) is 12.8. The molecule has 3 heteroatoms. The number of rotatable bonds is 3. The molecular formula is C18H20O3. The smallest absolute Gasteiger partial charge is 0.150 e. The standard InChI is InChI=1S/C18H20O3/c1-12-7-16(21-18(2,3)4)5-6-17(12)14-8-13(11-19)9-15(20)10-14/h5-11,20H,1-4H3. The lowest BCUT2D eigenvalue weighted by atomic mass is 9.98. The number of aromatic hydroxyl groups is 1. The number of aryl methyl sites for hydroxylation is 1. The van der Waals surface area contributed by atoms with Crippen molar-refractivity contribution in [1.82, 2.24) is 0 Å². The molecule has 110 valence electrons. The predicted octanol–water partition coefficient (Wildman–Crippen LogP) is 4.36. The summed E-state index contributed by atoms with van der Waals surface area (Å²) in [5.41, 5.74) is 3.02. The molecule has 0 aliphatic heterocycles. The van der Waals surface area contributed by atoms with E-state index in [-0.39, 0.29) is 11.4 Å². The summed E-state index contributed by atoms with van der Waals surface area (Å²) in [7, 11) is 0. The molecule has 0 amide bonds. The van der Waals surface area contributed by atoms with Crippen LogP contribution in [0, 0.1) is 6.92 Å². The van der Waals surface area contributed by atoms with Gasteiger partial charge in [-0.3, -0.25) is 4.79 Å². The lowest BCUT2D eigenvalue weighted by Crippen LogP contribution is -2.22. The van der Waals surface area contributed by atoms with E-state index in [1.54, 1.807) is 12.1 Å². The van der Waals surface area contributed by atoms with E-state index >= 15 is 0 Å². The van der Waals surface area contributed by atoms with E-state index in [4.69, 9.17) is 4.74 Å². The van der Waals surface area contributed by atoms with Gasteiger partial charge in [-0.05, 0) is 74.7 Å². The molecule has 2 aromatic rings. The Morgan fingerprint density at radius 2 is 1.81 bits per heavy atom. The molecule has 2 rings (SSSR count). The molecule has 0 aliphatic carbocycles. The molecule has 21 heavy (non-hydrogen) atoms. The van der Waals surface area contributed by atoms with E-state index in [2.05, 4.69) is 0 Å². The fourth-order valence-electron chi connectivity index (χ4n) is 2.24. The Morgan fingerprint density at radius 1 is 1.10 bits per heavy atom. The maximum absolute atomic E-state index is 10.9. The molecule has 0 bridgehead atoms. The van der Waals surface area contributed by atoms with Gasteiger partial charge in [0.2, 0.25) is 0 Å². The Kier molecular flexibility index (Phi) is 4.03. The quantitative estimate of drug-likeness (QED) is 0.852. The van der Waals surface area contributed by atoms with Crippen LogP contribution in [0.2, 0.25) is 0 Å². The van der Waals surface area contributed by atoms with E-state index in [1.165, 1.54) is 6.07 Å². The van der Waals surface area contributed by atoms with Crippen molar-refractivity contribution in [2.75, 3.05) is 0 Å². The molecule has 3 nitrogen and oxygen atoms in total. The number of aldehydes is 1. The molecule has 0 aliphatic rings. The van der Waals surface area contributed by atoms with Gasteiger partial charge in [-0.25, -0.2) is 0 Å². The third-order valence-corrected chi connectivity index (χ3v) is 3.01.